The van der Waals surface area contributed by atoms with Gasteiger partial charge in [-0.3, -0.25) is 4.79 Å². The van der Waals surface area contributed by atoms with Crippen molar-refractivity contribution >= 4 is 33.3 Å². The fraction of sp³-hybridized carbons (Fsp3) is 0.417. The lowest BCUT2D eigenvalue weighted by Crippen LogP contribution is -2.19. The van der Waals surface area contributed by atoms with Crippen LogP contribution in [0.15, 0.2) is 18.2 Å². The van der Waals surface area contributed by atoms with E-state index in [4.69, 9.17) is 11.6 Å². The summed E-state index contributed by atoms with van der Waals surface area (Å²) < 4.78 is 13.6. The molecular formula is C12H11BrClFO. The summed E-state index contributed by atoms with van der Waals surface area (Å²) in [6.45, 7) is 0. The fourth-order valence-corrected chi connectivity index (χ4v) is 2.54. The van der Waals surface area contributed by atoms with Gasteiger partial charge >= 0.3 is 0 Å². The van der Waals surface area contributed by atoms with E-state index in [1.54, 1.807) is 12.1 Å². The number of alkyl halides is 1. The summed E-state index contributed by atoms with van der Waals surface area (Å²) in [6.07, 6.45) is 2.31. The summed E-state index contributed by atoms with van der Waals surface area (Å²) in [6, 6.07) is 4.87. The van der Waals surface area contributed by atoms with E-state index < -0.39 is 5.82 Å². The van der Waals surface area contributed by atoms with Gasteiger partial charge in [-0.15, -0.1) is 0 Å². The molecule has 1 nitrogen and oxygen atoms in total. The minimum atomic E-state index is -0.419. The van der Waals surface area contributed by atoms with Gasteiger partial charge in [-0.1, -0.05) is 39.7 Å². The van der Waals surface area contributed by atoms with Gasteiger partial charge in [-0.05, 0) is 30.9 Å². The van der Waals surface area contributed by atoms with Crippen LogP contribution in [0, 0.1) is 11.7 Å². The summed E-state index contributed by atoms with van der Waals surface area (Å²) in [5.41, 5.74) is 0.489. The van der Waals surface area contributed by atoms with Crippen molar-refractivity contribution in [1.82, 2.24) is 0 Å². The zero-order valence-corrected chi connectivity index (χ0v) is 10.9. The van der Waals surface area contributed by atoms with E-state index in [-0.39, 0.29) is 21.6 Å². The molecule has 1 aliphatic rings. The van der Waals surface area contributed by atoms with E-state index >= 15 is 0 Å². The Labute approximate surface area is 107 Å². The number of ketones is 1. The molecule has 0 aromatic heterocycles. The van der Waals surface area contributed by atoms with Gasteiger partial charge in [0.2, 0.25) is 0 Å². The van der Waals surface area contributed by atoms with Gasteiger partial charge in [0.25, 0.3) is 0 Å². The van der Waals surface area contributed by atoms with Crippen LogP contribution < -0.4 is 0 Å². The topological polar surface area (TPSA) is 17.1 Å². The Bertz CT molecular complexity index is 417. The Balaban J connectivity index is 2.08. The number of Topliss-reactive ketones (excluding diaryl/α,β-unsaturated/α-hetero) is 1. The Hall–Kier alpha value is -0.410. The molecule has 86 valence electrons. The first-order valence-corrected chi connectivity index (χ1v) is 6.49. The number of hydrogen-bond donors (Lipinski definition) is 0. The average molecular weight is 306 g/mol. The molecule has 0 radical (unpaired) electrons. The molecule has 0 bridgehead atoms. The third kappa shape index (κ3) is 2.64. The quantitative estimate of drug-likeness (QED) is 0.774. The predicted molar refractivity (Wildman–Crippen MR) is 65.6 cm³/mol. The van der Waals surface area contributed by atoms with Gasteiger partial charge in [0.15, 0.2) is 0 Å². The summed E-state index contributed by atoms with van der Waals surface area (Å²) in [4.78, 5) is 11.4. The molecule has 2 rings (SSSR count). The maximum atomic E-state index is 13.6. The first-order valence-electron chi connectivity index (χ1n) is 5.20. The lowest BCUT2D eigenvalue weighted by Gasteiger charge is -2.09. The van der Waals surface area contributed by atoms with Crippen LogP contribution in [-0.2, 0) is 11.2 Å². The van der Waals surface area contributed by atoms with Gasteiger partial charge in [0, 0.05) is 5.92 Å². The van der Waals surface area contributed by atoms with Crippen LogP contribution in [0.2, 0.25) is 5.02 Å². The number of carbonyl (C=O) groups excluding carboxylic acids is 1. The monoisotopic (exact) mass is 304 g/mol. The molecule has 1 aromatic carbocycles. The van der Waals surface area contributed by atoms with Crippen molar-refractivity contribution in [3.05, 3.63) is 34.6 Å². The van der Waals surface area contributed by atoms with Crippen LogP contribution >= 0.6 is 27.5 Å². The Kier molecular flexibility index (Phi) is 3.65. The van der Waals surface area contributed by atoms with Crippen LogP contribution in [-0.4, -0.2) is 10.6 Å². The Morgan fingerprint density at radius 1 is 1.56 bits per heavy atom. The zero-order chi connectivity index (χ0) is 11.7. The van der Waals surface area contributed by atoms with Gasteiger partial charge in [0.1, 0.15) is 11.6 Å². The maximum Gasteiger partial charge on any atom is 0.149 e. The molecule has 1 aliphatic carbocycles. The molecule has 0 saturated heterocycles. The van der Waals surface area contributed by atoms with Crippen LogP contribution in [0.25, 0.3) is 0 Å². The largest absolute Gasteiger partial charge is 0.298 e. The van der Waals surface area contributed by atoms with E-state index in [0.717, 1.165) is 12.8 Å². The number of rotatable bonds is 4. The number of halogens is 3. The predicted octanol–water partition coefficient (Wildman–Crippen LogP) is 3.76. The third-order valence-corrected chi connectivity index (χ3v) is 3.79. The number of benzene rings is 1. The molecule has 4 heteroatoms. The van der Waals surface area contributed by atoms with Crippen molar-refractivity contribution in [2.45, 2.75) is 24.1 Å². The Morgan fingerprint density at radius 2 is 2.25 bits per heavy atom. The summed E-state index contributed by atoms with van der Waals surface area (Å²) in [5.74, 6) is -0.0526. The van der Waals surface area contributed by atoms with Crippen LogP contribution in [0.4, 0.5) is 4.39 Å². The SMILES string of the molecule is O=C(C(Br)Cc1cccc(Cl)c1F)C1CC1. The van der Waals surface area contributed by atoms with Crippen molar-refractivity contribution in [2.75, 3.05) is 0 Å². The molecule has 1 saturated carbocycles. The van der Waals surface area contributed by atoms with Gasteiger partial charge in [0.05, 0.1) is 9.85 Å². The highest BCUT2D eigenvalue weighted by Gasteiger charge is 2.33. The first-order chi connectivity index (χ1) is 7.59. The van der Waals surface area contributed by atoms with Crippen molar-refractivity contribution in [1.29, 1.82) is 0 Å². The van der Waals surface area contributed by atoms with Crippen molar-refractivity contribution in [3.63, 3.8) is 0 Å². The molecule has 1 atom stereocenters. The van der Waals surface area contributed by atoms with Gasteiger partial charge in [-0.25, -0.2) is 4.39 Å². The number of hydrogen-bond acceptors (Lipinski definition) is 1. The molecule has 0 amide bonds. The molecule has 1 fully saturated rings. The standard InChI is InChI=1S/C12H11BrClFO/c13-9(12(16)7-4-5-7)6-8-2-1-3-10(14)11(8)15/h1-3,7,9H,4-6H2. The highest BCUT2D eigenvalue weighted by Crippen LogP contribution is 2.33. The summed E-state index contributed by atoms with van der Waals surface area (Å²) >= 11 is 9.00. The van der Waals surface area contributed by atoms with Crippen molar-refractivity contribution in [3.8, 4) is 0 Å². The molecule has 1 unspecified atom stereocenters. The van der Waals surface area contributed by atoms with E-state index in [2.05, 4.69) is 15.9 Å². The van der Waals surface area contributed by atoms with Crippen LogP contribution in [0.3, 0.4) is 0 Å². The normalized spacial score (nSPS) is 17.2. The average Bonchev–Trinajstić information content (AvgIpc) is 3.07. The van der Waals surface area contributed by atoms with E-state index in [9.17, 15) is 9.18 Å². The van der Waals surface area contributed by atoms with Crippen molar-refractivity contribution in [2.24, 2.45) is 5.92 Å². The lowest BCUT2D eigenvalue weighted by molar-refractivity contribution is -0.119. The Morgan fingerprint density at radius 3 is 2.88 bits per heavy atom. The fourth-order valence-electron chi connectivity index (χ4n) is 1.62. The second-order valence-electron chi connectivity index (χ2n) is 4.06. The first kappa shape index (κ1) is 12.1. The minimum absolute atomic E-state index is 0.107. The third-order valence-electron chi connectivity index (χ3n) is 2.72. The molecule has 16 heavy (non-hydrogen) atoms. The summed E-state index contributed by atoms with van der Waals surface area (Å²) in [7, 11) is 0. The lowest BCUT2D eigenvalue weighted by atomic mass is 10.0. The minimum Gasteiger partial charge on any atom is -0.298 e. The molecule has 0 heterocycles. The van der Waals surface area contributed by atoms with E-state index in [1.807, 2.05) is 0 Å². The molecule has 0 N–H and O–H groups in total. The van der Waals surface area contributed by atoms with E-state index in [1.165, 1.54) is 6.07 Å². The maximum absolute atomic E-state index is 13.6. The van der Waals surface area contributed by atoms with Gasteiger partial charge < -0.3 is 0 Å². The van der Waals surface area contributed by atoms with Crippen molar-refractivity contribution < 1.29 is 9.18 Å². The second-order valence-corrected chi connectivity index (χ2v) is 5.57. The summed E-state index contributed by atoms with van der Waals surface area (Å²) in [5, 5.41) is 0.107. The highest BCUT2D eigenvalue weighted by molar-refractivity contribution is 9.10. The highest BCUT2D eigenvalue weighted by atomic mass is 79.9. The number of carbonyl (C=O) groups is 1. The molecule has 1 aromatic rings. The molecular weight excluding hydrogens is 294 g/mol. The van der Waals surface area contributed by atoms with Crippen LogP contribution in [0.5, 0.6) is 0 Å². The molecule has 0 spiro atoms. The van der Waals surface area contributed by atoms with E-state index in [0.29, 0.717) is 12.0 Å². The zero-order valence-electron chi connectivity index (χ0n) is 8.55. The second kappa shape index (κ2) is 4.84. The smallest absolute Gasteiger partial charge is 0.149 e. The van der Waals surface area contributed by atoms with Crippen LogP contribution in [0.1, 0.15) is 18.4 Å². The molecule has 0 aliphatic heterocycles. The van der Waals surface area contributed by atoms with Gasteiger partial charge in [-0.2, -0.15) is 0 Å².